The Balaban J connectivity index is 2.51. The third-order valence-electron chi connectivity index (χ3n) is 2.83. The van der Waals surface area contributed by atoms with Crippen molar-refractivity contribution in [3.63, 3.8) is 0 Å². The van der Waals surface area contributed by atoms with Gasteiger partial charge in [-0.25, -0.2) is 0 Å². The Morgan fingerprint density at radius 2 is 1.67 bits per heavy atom. The van der Waals surface area contributed by atoms with Gasteiger partial charge in [0, 0.05) is 5.82 Å². The minimum absolute atomic E-state index is 0.403. The van der Waals surface area contributed by atoms with E-state index in [1.807, 2.05) is 19.1 Å². The first-order valence-corrected chi connectivity index (χ1v) is 8.75. The molecule has 0 unspecified atom stereocenters. The molecule has 0 bridgehead atoms. The molecule has 0 spiro atoms. The van der Waals surface area contributed by atoms with Crippen LogP contribution < -0.4 is 0 Å². The Bertz CT molecular complexity index is 522. The maximum absolute atomic E-state index is 11.9. The normalized spacial score (nSPS) is 19.6. The average molecular weight is 308 g/mol. The van der Waals surface area contributed by atoms with Gasteiger partial charge in [0.15, 0.2) is 0 Å². The highest BCUT2D eigenvalue weighted by Crippen LogP contribution is 2.53. The Kier molecular flexibility index (Phi) is 7.66. The molecule has 0 radical (unpaired) electrons. The Morgan fingerprint density at radius 3 is 2.29 bits per heavy atom. The predicted molar refractivity (Wildman–Crippen MR) is 89.4 cm³/mol. The van der Waals surface area contributed by atoms with Gasteiger partial charge in [-0.2, -0.15) is 0 Å². The summed E-state index contributed by atoms with van der Waals surface area (Å²) < 4.78 is 22.0. The first kappa shape index (κ1) is 17.9. The molecule has 1 heterocycles. The molecule has 1 aliphatic rings. The lowest BCUT2D eigenvalue weighted by Crippen LogP contribution is -1.79. The van der Waals surface area contributed by atoms with Gasteiger partial charge in [0.25, 0.3) is 0 Å². The molecule has 0 aliphatic carbocycles. The van der Waals surface area contributed by atoms with Crippen molar-refractivity contribution >= 4 is 7.60 Å². The molecular formula is C17H25O3P. The third-order valence-corrected chi connectivity index (χ3v) is 4.43. The summed E-state index contributed by atoms with van der Waals surface area (Å²) in [5.74, 6) is 1.52. The van der Waals surface area contributed by atoms with Crippen molar-refractivity contribution in [1.29, 1.82) is 0 Å². The smallest absolute Gasteiger partial charge is 0.303 e. The lowest BCUT2D eigenvalue weighted by molar-refractivity contribution is 0.364. The van der Waals surface area contributed by atoms with E-state index in [0.29, 0.717) is 13.2 Å². The first-order valence-electron chi connectivity index (χ1n) is 7.14. The van der Waals surface area contributed by atoms with E-state index in [4.69, 9.17) is 9.05 Å². The van der Waals surface area contributed by atoms with Crippen LogP contribution in [0.2, 0.25) is 0 Å². The highest BCUT2D eigenvalue weighted by molar-refractivity contribution is 7.57. The molecule has 0 aromatic heterocycles. The fourth-order valence-corrected chi connectivity index (χ4v) is 2.94. The van der Waals surface area contributed by atoms with Crippen LogP contribution >= 0.6 is 7.60 Å². The quantitative estimate of drug-likeness (QED) is 0.367. The van der Waals surface area contributed by atoms with E-state index in [0.717, 1.165) is 12.0 Å². The lowest BCUT2D eigenvalue weighted by Gasteiger charge is -2.01. The topological polar surface area (TPSA) is 35.5 Å². The zero-order valence-corrected chi connectivity index (χ0v) is 14.2. The summed E-state index contributed by atoms with van der Waals surface area (Å²) in [6.07, 6.45) is 13.1. The van der Waals surface area contributed by atoms with E-state index < -0.39 is 7.60 Å². The van der Waals surface area contributed by atoms with Crippen LogP contribution in [0.25, 0.3) is 0 Å². The van der Waals surface area contributed by atoms with Gasteiger partial charge in [-0.05, 0) is 34.1 Å². The molecule has 0 atom stereocenters. The minimum atomic E-state index is -2.96. The predicted octanol–water partition coefficient (Wildman–Crippen LogP) is 5.55. The second-order valence-electron chi connectivity index (χ2n) is 5.26. The van der Waals surface area contributed by atoms with Gasteiger partial charge in [0.1, 0.15) is 0 Å². The van der Waals surface area contributed by atoms with Crippen LogP contribution in [0, 0.1) is 0 Å². The summed E-state index contributed by atoms with van der Waals surface area (Å²) >= 11 is 0. The highest BCUT2D eigenvalue weighted by atomic mass is 31.2. The molecule has 1 rings (SSSR count). The van der Waals surface area contributed by atoms with E-state index in [9.17, 15) is 4.57 Å². The number of allylic oxidation sites excluding steroid dienone is 9. The van der Waals surface area contributed by atoms with Gasteiger partial charge in [0.05, 0.1) is 13.2 Å². The molecule has 3 nitrogen and oxygen atoms in total. The van der Waals surface area contributed by atoms with Crippen molar-refractivity contribution in [3.05, 3.63) is 59.0 Å². The molecular weight excluding hydrogens is 283 g/mol. The van der Waals surface area contributed by atoms with Crippen molar-refractivity contribution in [2.45, 2.75) is 34.1 Å². The van der Waals surface area contributed by atoms with Crippen molar-refractivity contribution in [3.8, 4) is 0 Å². The summed E-state index contributed by atoms with van der Waals surface area (Å²) in [5.41, 5.74) is 3.54. The SMILES string of the molecule is CC(C)=CCC=C(C)C=CC=C(C)C=CP1(=O)OCCO1. The van der Waals surface area contributed by atoms with Crippen LogP contribution in [-0.4, -0.2) is 13.2 Å². The van der Waals surface area contributed by atoms with Crippen LogP contribution in [0.15, 0.2) is 59.0 Å². The molecule has 0 aromatic carbocycles. The molecule has 0 aromatic rings. The summed E-state index contributed by atoms with van der Waals surface area (Å²) in [7, 11) is -2.96. The zero-order chi connectivity index (χ0) is 15.7. The van der Waals surface area contributed by atoms with Gasteiger partial charge >= 0.3 is 7.60 Å². The number of rotatable bonds is 6. The van der Waals surface area contributed by atoms with Crippen molar-refractivity contribution in [2.24, 2.45) is 0 Å². The van der Waals surface area contributed by atoms with E-state index in [2.05, 4.69) is 39.0 Å². The fraction of sp³-hybridized carbons (Fsp3) is 0.412. The van der Waals surface area contributed by atoms with Crippen LogP contribution in [-0.2, 0) is 13.6 Å². The Labute approximate surface area is 128 Å². The van der Waals surface area contributed by atoms with E-state index in [-0.39, 0.29) is 0 Å². The van der Waals surface area contributed by atoms with Crippen molar-refractivity contribution < 1.29 is 13.6 Å². The molecule has 1 aliphatic heterocycles. The van der Waals surface area contributed by atoms with Gasteiger partial charge in [0.2, 0.25) is 0 Å². The van der Waals surface area contributed by atoms with Crippen molar-refractivity contribution in [2.75, 3.05) is 13.2 Å². The standard InChI is InChI=1S/C17H25O3P/c1-15(2)7-5-8-16(3)9-6-10-17(4)11-14-21(18)19-12-13-20-21/h6-11,14H,5,12-13H2,1-4H3. The number of hydrogen-bond donors (Lipinski definition) is 0. The molecule has 1 fully saturated rings. The van der Waals surface area contributed by atoms with E-state index in [1.54, 1.807) is 6.08 Å². The monoisotopic (exact) mass is 308 g/mol. The lowest BCUT2D eigenvalue weighted by atomic mass is 10.2. The Hall–Kier alpha value is -1.15. The van der Waals surface area contributed by atoms with Crippen molar-refractivity contribution in [1.82, 2.24) is 0 Å². The third kappa shape index (κ3) is 8.01. The summed E-state index contributed by atoms with van der Waals surface area (Å²) in [6.45, 7) is 9.03. The van der Waals surface area contributed by atoms with Crippen LogP contribution in [0.3, 0.4) is 0 Å². The summed E-state index contributed by atoms with van der Waals surface area (Å²) in [5, 5.41) is 0. The molecule has 4 heteroatoms. The minimum Gasteiger partial charge on any atom is -0.303 e. The van der Waals surface area contributed by atoms with E-state index in [1.165, 1.54) is 17.0 Å². The van der Waals surface area contributed by atoms with Crippen LogP contribution in [0.1, 0.15) is 34.1 Å². The molecule has 0 saturated carbocycles. The second kappa shape index (κ2) is 8.99. The van der Waals surface area contributed by atoms with Crippen LogP contribution in [0.5, 0.6) is 0 Å². The second-order valence-corrected chi connectivity index (χ2v) is 7.15. The summed E-state index contributed by atoms with van der Waals surface area (Å²) in [4.78, 5) is 0. The van der Waals surface area contributed by atoms with Gasteiger partial charge in [-0.1, -0.05) is 53.2 Å². The molecule has 21 heavy (non-hydrogen) atoms. The molecule has 1 saturated heterocycles. The maximum atomic E-state index is 11.9. The molecule has 0 N–H and O–H groups in total. The van der Waals surface area contributed by atoms with Crippen LogP contribution in [0.4, 0.5) is 0 Å². The van der Waals surface area contributed by atoms with Gasteiger partial charge in [-0.3, -0.25) is 4.57 Å². The first-order chi connectivity index (χ1) is 9.91. The summed E-state index contributed by atoms with van der Waals surface area (Å²) in [6, 6.07) is 0. The molecule has 116 valence electrons. The largest absolute Gasteiger partial charge is 0.354 e. The van der Waals surface area contributed by atoms with Gasteiger partial charge < -0.3 is 9.05 Å². The van der Waals surface area contributed by atoms with E-state index >= 15 is 0 Å². The fourth-order valence-electron chi connectivity index (χ4n) is 1.62. The van der Waals surface area contributed by atoms with Gasteiger partial charge in [-0.15, -0.1) is 0 Å². The zero-order valence-electron chi connectivity index (χ0n) is 13.3. The average Bonchev–Trinajstić information content (AvgIpc) is 2.83. The Morgan fingerprint density at radius 1 is 1.00 bits per heavy atom. The maximum Gasteiger partial charge on any atom is 0.354 e. The molecule has 0 amide bonds. The highest BCUT2D eigenvalue weighted by Gasteiger charge is 2.26. The number of hydrogen-bond acceptors (Lipinski definition) is 3.